The van der Waals surface area contributed by atoms with Crippen LogP contribution < -0.4 is 10.5 Å². The number of aromatic nitrogens is 2. The first-order valence-electron chi connectivity index (χ1n) is 4.83. The first-order chi connectivity index (χ1) is 8.06. The summed E-state index contributed by atoms with van der Waals surface area (Å²) in [5, 5.41) is 4.44. The standard InChI is InChI=1S/C11H10ClN3O2/c1-15-9(6-10(13)14-15)11(16)17-8-4-2-7(12)3-5-8/h2-6H,1H3,(H2,13,14). The van der Waals surface area contributed by atoms with Crippen molar-refractivity contribution in [2.24, 2.45) is 7.05 Å². The van der Waals surface area contributed by atoms with Crippen LogP contribution in [0.4, 0.5) is 5.82 Å². The fourth-order valence-corrected chi connectivity index (χ4v) is 1.47. The lowest BCUT2D eigenvalue weighted by Crippen LogP contribution is -2.13. The molecule has 0 amide bonds. The van der Waals surface area contributed by atoms with Crippen molar-refractivity contribution in [1.82, 2.24) is 9.78 Å². The van der Waals surface area contributed by atoms with Crippen molar-refractivity contribution in [2.45, 2.75) is 0 Å². The molecule has 0 saturated carbocycles. The van der Waals surface area contributed by atoms with E-state index in [-0.39, 0.29) is 11.5 Å². The molecule has 2 aromatic rings. The van der Waals surface area contributed by atoms with Crippen molar-refractivity contribution in [3.8, 4) is 5.75 Å². The van der Waals surface area contributed by atoms with Gasteiger partial charge < -0.3 is 10.5 Å². The predicted octanol–water partition coefficient (Wildman–Crippen LogP) is 1.87. The van der Waals surface area contributed by atoms with Crippen LogP contribution in [-0.2, 0) is 7.05 Å². The van der Waals surface area contributed by atoms with Gasteiger partial charge in [0.25, 0.3) is 0 Å². The van der Waals surface area contributed by atoms with Crippen LogP contribution in [-0.4, -0.2) is 15.7 Å². The van der Waals surface area contributed by atoms with Crippen LogP contribution in [0.1, 0.15) is 10.5 Å². The summed E-state index contributed by atoms with van der Waals surface area (Å²) in [4.78, 5) is 11.8. The Bertz CT molecular complexity index is 548. The second-order valence-electron chi connectivity index (χ2n) is 3.42. The average molecular weight is 252 g/mol. The molecule has 17 heavy (non-hydrogen) atoms. The maximum atomic E-state index is 11.8. The van der Waals surface area contributed by atoms with Gasteiger partial charge in [0.15, 0.2) is 0 Å². The monoisotopic (exact) mass is 251 g/mol. The van der Waals surface area contributed by atoms with Crippen molar-refractivity contribution >= 4 is 23.4 Å². The SMILES string of the molecule is Cn1nc(N)cc1C(=O)Oc1ccc(Cl)cc1. The molecule has 0 saturated heterocycles. The van der Waals surface area contributed by atoms with E-state index in [0.717, 1.165) is 0 Å². The number of ether oxygens (including phenoxy) is 1. The molecule has 1 heterocycles. The van der Waals surface area contributed by atoms with Crippen LogP contribution in [0, 0.1) is 0 Å². The number of rotatable bonds is 2. The molecule has 0 aliphatic rings. The van der Waals surface area contributed by atoms with Gasteiger partial charge in [0.2, 0.25) is 0 Å². The molecule has 2 N–H and O–H groups in total. The molecule has 1 aromatic carbocycles. The Balaban J connectivity index is 2.17. The second kappa shape index (κ2) is 4.47. The minimum absolute atomic E-state index is 0.274. The number of esters is 1. The highest BCUT2D eigenvalue weighted by Crippen LogP contribution is 2.17. The highest BCUT2D eigenvalue weighted by atomic mass is 35.5. The lowest BCUT2D eigenvalue weighted by atomic mass is 10.3. The molecule has 0 aliphatic carbocycles. The van der Waals surface area contributed by atoms with Gasteiger partial charge in [-0.3, -0.25) is 4.68 Å². The molecule has 0 radical (unpaired) electrons. The number of nitrogen functional groups attached to an aromatic ring is 1. The molecular formula is C11H10ClN3O2. The summed E-state index contributed by atoms with van der Waals surface area (Å²) in [6.45, 7) is 0. The number of aryl methyl sites for hydroxylation is 1. The molecule has 0 atom stereocenters. The molecule has 6 heteroatoms. The minimum Gasteiger partial charge on any atom is -0.422 e. The topological polar surface area (TPSA) is 70.1 Å². The van der Waals surface area contributed by atoms with E-state index in [2.05, 4.69) is 5.10 Å². The number of hydrogen-bond donors (Lipinski definition) is 1. The summed E-state index contributed by atoms with van der Waals surface area (Å²) in [7, 11) is 1.62. The average Bonchev–Trinajstić information content (AvgIpc) is 2.61. The molecular weight excluding hydrogens is 242 g/mol. The third-order valence-corrected chi connectivity index (χ3v) is 2.38. The number of nitrogens with zero attached hydrogens (tertiary/aromatic N) is 2. The second-order valence-corrected chi connectivity index (χ2v) is 3.86. The Labute approximate surface area is 103 Å². The zero-order valence-electron chi connectivity index (χ0n) is 9.05. The predicted molar refractivity (Wildman–Crippen MR) is 64.0 cm³/mol. The highest BCUT2D eigenvalue weighted by Gasteiger charge is 2.14. The van der Waals surface area contributed by atoms with Crippen LogP contribution in [0.3, 0.4) is 0 Å². The van der Waals surface area contributed by atoms with Crippen molar-refractivity contribution in [3.05, 3.63) is 41.0 Å². The summed E-state index contributed by atoms with van der Waals surface area (Å²) in [5.41, 5.74) is 5.76. The maximum absolute atomic E-state index is 11.8. The van der Waals surface area contributed by atoms with Crippen LogP contribution in [0.25, 0.3) is 0 Å². The third-order valence-electron chi connectivity index (χ3n) is 2.13. The summed E-state index contributed by atoms with van der Waals surface area (Å²) < 4.78 is 6.50. The van der Waals surface area contributed by atoms with E-state index in [1.807, 2.05) is 0 Å². The van der Waals surface area contributed by atoms with Gasteiger partial charge in [0.05, 0.1) is 0 Å². The fraction of sp³-hybridized carbons (Fsp3) is 0.0909. The summed E-state index contributed by atoms with van der Waals surface area (Å²) in [6, 6.07) is 7.96. The van der Waals surface area contributed by atoms with Crippen molar-refractivity contribution in [1.29, 1.82) is 0 Å². The van der Waals surface area contributed by atoms with Gasteiger partial charge in [-0.25, -0.2) is 4.79 Å². The molecule has 0 aliphatic heterocycles. The van der Waals surface area contributed by atoms with Crippen LogP contribution in [0.15, 0.2) is 30.3 Å². The molecule has 88 valence electrons. The van der Waals surface area contributed by atoms with Crippen molar-refractivity contribution in [2.75, 3.05) is 5.73 Å². The van der Waals surface area contributed by atoms with Crippen LogP contribution in [0.5, 0.6) is 5.75 Å². The Kier molecular flexibility index (Phi) is 3.01. The summed E-state index contributed by atoms with van der Waals surface area (Å²) >= 11 is 5.72. The van der Waals surface area contributed by atoms with E-state index >= 15 is 0 Å². The van der Waals surface area contributed by atoms with Crippen molar-refractivity contribution in [3.63, 3.8) is 0 Å². The van der Waals surface area contributed by atoms with E-state index < -0.39 is 5.97 Å². The normalized spacial score (nSPS) is 10.2. The number of halogens is 1. The van der Waals surface area contributed by atoms with E-state index in [4.69, 9.17) is 22.1 Å². The van der Waals surface area contributed by atoms with Gasteiger partial charge in [-0.2, -0.15) is 5.10 Å². The van der Waals surface area contributed by atoms with Gasteiger partial charge in [-0.1, -0.05) is 11.6 Å². The Morgan fingerprint density at radius 1 is 1.41 bits per heavy atom. The number of anilines is 1. The quantitative estimate of drug-likeness (QED) is 0.653. The number of nitrogens with two attached hydrogens (primary N) is 1. The number of carbonyl (C=O) groups is 1. The molecule has 0 bridgehead atoms. The molecule has 0 fully saturated rings. The first-order valence-corrected chi connectivity index (χ1v) is 5.21. The van der Waals surface area contributed by atoms with E-state index in [9.17, 15) is 4.79 Å². The molecule has 0 unspecified atom stereocenters. The zero-order valence-corrected chi connectivity index (χ0v) is 9.81. The largest absolute Gasteiger partial charge is 0.422 e. The number of hydrogen-bond acceptors (Lipinski definition) is 4. The van der Waals surface area contributed by atoms with Gasteiger partial charge in [-0.05, 0) is 24.3 Å². The number of benzene rings is 1. The lowest BCUT2D eigenvalue weighted by molar-refractivity contribution is 0.0723. The summed E-state index contributed by atoms with van der Waals surface area (Å²) in [5.74, 6) is 0.175. The smallest absolute Gasteiger partial charge is 0.362 e. The van der Waals surface area contributed by atoms with Gasteiger partial charge in [0.1, 0.15) is 17.3 Å². The Morgan fingerprint density at radius 2 is 2.06 bits per heavy atom. The van der Waals surface area contributed by atoms with E-state index in [1.54, 1.807) is 31.3 Å². The van der Waals surface area contributed by atoms with Gasteiger partial charge in [0, 0.05) is 18.1 Å². The highest BCUT2D eigenvalue weighted by molar-refractivity contribution is 6.30. The number of carbonyl (C=O) groups excluding carboxylic acids is 1. The van der Waals surface area contributed by atoms with Gasteiger partial charge in [-0.15, -0.1) is 0 Å². The van der Waals surface area contributed by atoms with E-state index in [0.29, 0.717) is 10.8 Å². The van der Waals surface area contributed by atoms with Crippen LogP contribution >= 0.6 is 11.6 Å². The lowest BCUT2D eigenvalue weighted by Gasteiger charge is -2.03. The molecule has 0 spiro atoms. The zero-order chi connectivity index (χ0) is 12.4. The molecule has 2 rings (SSSR count). The summed E-state index contributed by atoms with van der Waals surface area (Å²) in [6.07, 6.45) is 0. The van der Waals surface area contributed by atoms with Crippen LogP contribution in [0.2, 0.25) is 5.02 Å². The Morgan fingerprint density at radius 3 is 2.59 bits per heavy atom. The first kappa shape index (κ1) is 11.5. The van der Waals surface area contributed by atoms with Crippen molar-refractivity contribution < 1.29 is 9.53 Å². The van der Waals surface area contributed by atoms with Gasteiger partial charge >= 0.3 is 5.97 Å². The minimum atomic E-state index is -0.515. The molecule has 5 nitrogen and oxygen atoms in total. The maximum Gasteiger partial charge on any atom is 0.362 e. The fourth-order valence-electron chi connectivity index (χ4n) is 1.34. The molecule has 1 aromatic heterocycles. The Hall–Kier alpha value is -2.01. The van der Waals surface area contributed by atoms with E-state index in [1.165, 1.54) is 10.7 Å². The third kappa shape index (κ3) is 2.57.